The Balaban J connectivity index is 2.30. The van der Waals surface area contributed by atoms with Gasteiger partial charge in [0.05, 0.1) is 0 Å². The minimum Gasteiger partial charge on any atom is -0.379 e. The predicted molar refractivity (Wildman–Crippen MR) is 65.7 cm³/mol. The highest BCUT2D eigenvalue weighted by atomic mass is 35.5. The van der Waals surface area contributed by atoms with Gasteiger partial charge in [0.1, 0.15) is 10.6 Å². The maximum absolute atomic E-state index is 11.8. The molecule has 2 aromatic rings. The summed E-state index contributed by atoms with van der Waals surface area (Å²) in [5.74, 6) is 0.196. The molecule has 0 spiro atoms. The topological polar surface area (TPSA) is 43.4 Å². The molecule has 0 aromatic heterocycles. The Morgan fingerprint density at radius 2 is 1.65 bits per heavy atom. The van der Waals surface area contributed by atoms with Crippen LogP contribution in [0, 0.1) is 0 Å². The Hall–Kier alpha value is -1.52. The molecule has 0 fully saturated rings. The molecule has 3 nitrogen and oxygen atoms in total. The van der Waals surface area contributed by atoms with Gasteiger partial charge in [-0.05, 0) is 24.3 Å². The van der Waals surface area contributed by atoms with Crippen LogP contribution in [-0.2, 0) is 10.1 Å². The van der Waals surface area contributed by atoms with Gasteiger partial charge in [-0.3, -0.25) is 0 Å². The summed E-state index contributed by atoms with van der Waals surface area (Å²) >= 11 is 5.74. The van der Waals surface area contributed by atoms with Crippen LogP contribution in [0.2, 0.25) is 5.02 Å². The van der Waals surface area contributed by atoms with Crippen molar-refractivity contribution < 1.29 is 12.6 Å². The first-order valence-electron chi connectivity index (χ1n) is 4.83. The second kappa shape index (κ2) is 4.77. The summed E-state index contributed by atoms with van der Waals surface area (Å²) in [5, 5.41) is 0.422. The van der Waals surface area contributed by atoms with Gasteiger partial charge in [-0.1, -0.05) is 35.9 Å². The van der Waals surface area contributed by atoms with Crippen molar-refractivity contribution >= 4 is 21.7 Å². The molecule has 0 bridgehead atoms. The SMILES string of the molecule is O=S(=O)(Oc1cccc(Cl)c1)c1ccccc1. The molecule has 5 heteroatoms. The fourth-order valence-electron chi connectivity index (χ4n) is 1.28. The molecule has 0 radical (unpaired) electrons. The van der Waals surface area contributed by atoms with Crippen molar-refractivity contribution in [2.75, 3.05) is 0 Å². The van der Waals surface area contributed by atoms with Crippen molar-refractivity contribution in [3.63, 3.8) is 0 Å². The van der Waals surface area contributed by atoms with Gasteiger partial charge >= 0.3 is 10.1 Å². The third-order valence-corrected chi connectivity index (χ3v) is 3.53. The Labute approximate surface area is 105 Å². The molecule has 88 valence electrons. The van der Waals surface area contributed by atoms with E-state index in [2.05, 4.69) is 0 Å². The van der Waals surface area contributed by atoms with E-state index in [4.69, 9.17) is 15.8 Å². The van der Waals surface area contributed by atoms with Gasteiger partial charge in [0.15, 0.2) is 0 Å². The van der Waals surface area contributed by atoms with E-state index < -0.39 is 10.1 Å². The van der Waals surface area contributed by atoms with E-state index in [0.29, 0.717) is 5.02 Å². The molecule has 0 aliphatic carbocycles. The molecule has 17 heavy (non-hydrogen) atoms. The zero-order valence-electron chi connectivity index (χ0n) is 8.71. The van der Waals surface area contributed by atoms with E-state index in [9.17, 15) is 8.42 Å². The highest BCUT2D eigenvalue weighted by molar-refractivity contribution is 7.87. The molecule has 0 saturated heterocycles. The first-order chi connectivity index (χ1) is 8.08. The standard InChI is InChI=1S/C12H9ClO3S/c13-10-5-4-6-11(9-10)16-17(14,15)12-7-2-1-3-8-12/h1-9H. The smallest absolute Gasteiger partial charge is 0.339 e. The van der Waals surface area contributed by atoms with Crippen LogP contribution < -0.4 is 4.18 Å². The summed E-state index contributed by atoms with van der Waals surface area (Å²) in [6, 6.07) is 14.2. The highest BCUT2D eigenvalue weighted by Gasteiger charge is 2.15. The lowest BCUT2D eigenvalue weighted by atomic mass is 10.3. The summed E-state index contributed by atoms with van der Waals surface area (Å²) in [7, 11) is -3.79. The normalized spacial score (nSPS) is 11.1. The first kappa shape index (κ1) is 12.0. The molecule has 0 amide bonds. The number of hydrogen-bond donors (Lipinski definition) is 0. The third-order valence-electron chi connectivity index (χ3n) is 2.03. The lowest BCUT2D eigenvalue weighted by molar-refractivity contribution is 0.486. The van der Waals surface area contributed by atoms with Gasteiger partial charge in [0.25, 0.3) is 0 Å². The van der Waals surface area contributed by atoms with E-state index in [1.54, 1.807) is 30.3 Å². The van der Waals surface area contributed by atoms with Crippen LogP contribution in [0.15, 0.2) is 59.5 Å². The van der Waals surface area contributed by atoms with Crippen molar-refractivity contribution in [1.82, 2.24) is 0 Å². The Kier molecular flexibility index (Phi) is 3.36. The van der Waals surface area contributed by atoms with E-state index in [1.165, 1.54) is 24.3 Å². The minimum atomic E-state index is -3.79. The Morgan fingerprint density at radius 1 is 0.941 bits per heavy atom. The summed E-state index contributed by atoms with van der Waals surface area (Å²) < 4.78 is 28.7. The van der Waals surface area contributed by atoms with Gasteiger partial charge in [0.2, 0.25) is 0 Å². The van der Waals surface area contributed by atoms with Crippen LogP contribution in [0.1, 0.15) is 0 Å². The van der Waals surface area contributed by atoms with Gasteiger partial charge in [-0.2, -0.15) is 8.42 Å². The van der Waals surface area contributed by atoms with Crippen molar-refractivity contribution in [3.05, 3.63) is 59.6 Å². The van der Waals surface area contributed by atoms with Crippen LogP contribution in [0.5, 0.6) is 5.75 Å². The minimum absolute atomic E-state index is 0.111. The molecular weight excluding hydrogens is 260 g/mol. The molecule has 0 N–H and O–H groups in total. The number of hydrogen-bond acceptors (Lipinski definition) is 3. The maximum atomic E-state index is 11.8. The summed E-state index contributed by atoms with van der Waals surface area (Å²) in [6.07, 6.45) is 0. The van der Waals surface area contributed by atoms with E-state index in [-0.39, 0.29) is 10.6 Å². The Morgan fingerprint density at radius 3 is 2.29 bits per heavy atom. The van der Waals surface area contributed by atoms with E-state index in [0.717, 1.165) is 0 Å². The van der Waals surface area contributed by atoms with E-state index >= 15 is 0 Å². The molecule has 2 aromatic carbocycles. The van der Waals surface area contributed by atoms with Crippen molar-refractivity contribution in [1.29, 1.82) is 0 Å². The zero-order chi connectivity index (χ0) is 12.3. The molecule has 0 unspecified atom stereocenters. The summed E-state index contributed by atoms with van der Waals surface area (Å²) in [6.45, 7) is 0. The van der Waals surface area contributed by atoms with Crippen LogP contribution in [0.25, 0.3) is 0 Å². The van der Waals surface area contributed by atoms with Gasteiger partial charge < -0.3 is 4.18 Å². The summed E-state index contributed by atoms with van der Waals surface area (Å²) in [5.41, 5.74) is 0. The van der Waals surface area contributed by atoms with Gasteiger partial charge in [-0.15, -0.1) is 0 Å². The lowest BCUT2D eigenvalue weighted by Crippen LogP contribution is -2.09. The molecule has 2 rings (SSSR count). The average molecular weight is 269 g/mol. The first-order valence-corrected chi connectivity index (χ1v) is 6.62. The van der Waals surface area contributed by atoms with Crippen molar-refractivity contribution in [2.24, 2.45) is 0 Å². The van der Waals surface area contributed by atoms with Crippen molar-refractivity contribution in [3.8, 4) is 5.75 Å². The number of rotatable bonds is 3. The maximum Gasteiger partial charge on any atom is 0.339 e. The average Bonchev–Trinajstić information content (AvgIpc) is 2.29. The summed E-state index contributed by atoms with van der Waals surface area (Å²) in [4.78, 5) is 0.111. The van der Waals surface area contributed by atoms with Crippen LogP contribution >= 0.6 is 11.6 Å². The zero-order valence-corrected chi connectivity index (χ0v) is 10.3. The third kappa shape index (κ3) is 2.99. The molecule has 0 aliphatic heterocycles. The van der Waals surface area contributed by atoms with Gasteiger partial charge in [-0.25, -0.2) is 0 Å². The monoisotopic (exact) mass is 268 g/mol. The van der Waals surface area contributed by atoms with E-state index in [1.807, 2.05) is 0 Å². The Bertz CT molecular complexity index is 609. The molecule has 0 saturated carbocycles. The largest absolute Gasteiger partial charge is 0.379 e. The molecule has 0 atom stereocenters. The highest BCUT2D eigenvalue weighted by Crippen LogP contribution is 2.21. The predicted octanol–water partition coefficient (Wildman–Crippen LogP) is 3.11. The molecule has 0 heterocycles. The van der Waals surface area contributed by atoms with Crippen LogP contribution in [0.3, 0.4) is 0 Å². The lowest BCUT2D eigenvalue weighted by Gasteiger charge is -2.06. The number of halogens is 1. The number of benzene rings is 2. The van der Waals surface area contributed by atoms with Crippen LogP contribution in [-0.4, -0.2) is 8.42 Å². The molecular formula is C12H9ClO3S. The van der Waals surface area contributed by atoms with Crippen molar-refractivity contribution in [2.45, 2.75) is 4.90 Å². The van der Waals surface area contributed by atoms with Gasteiger partial charge in [0, 0.05) is 11.1 Å². The second-order valence-corrected chi connectivity index (χ2v) is 5.29. The fraction of sp³-hybridized carbons (Fsp3) is 0. The molecule has 0 aliphatic rings. The second-order valence-electron chi connectivity index (χ2n) is 3.31. The van der Waals surface area contributed by atoms with Crippen LogP contribution in [0.4, 0.5) is 0 Å². The fourth-order valence-corrected chi connectivity index (χ4v) is 2.40. The quantitative estimate of drug-likeness (QED) is 0.804.